The van der Waals surface area contributed by atoms with Crippen LogP contribution >= 0.6 is 0 Å². The first-order chi connectivity index (χ1) is 15.0. The Morgan fingerprint density at radius 2 is 1.97 bits per heavy atom. The van der Waals surface area contributed by atoms with Crippen molar-refractivity contribution in [1.82, 2.24) is 14.4 Å². The summed E-state index contributed by atoms with van der Waals surface area (Å²) in [7, 11) is 2.04. The van der Waals surface area contributed by atoms with E-state index in [4.69, 9.17) is 15.2 Å². The number of carbonyl (C=O) groups is 2. The van der Waals surface area contributed by atoms with Crippen LogP contribution < -0.4 is 5.73 Å². The summed E-state index contributed by atoms with van der Waals surface area (Å²) in [6, 6.07) is 8.11. The molecule has 31 heavy (non-hydrogen) atoms. The number of benzene rings is 1. The first-order valence-corrected chi connectivity index (χ1v) is 10.8. The second-order valence-electron chi connectivity index (χ2n) is 8.15. The number of ether oxygens (including phenoxy) is 2. The summed E-state index contributed by atoms with van der Waals surface area (Å²) in [6.07, 6.45) is 5.46. The van der Waals surface area contributed by atoms with Gasteiger partial charge < -0.3 is 29.6 Å². The molecule has 1 aromatic heterocycles. The Bertz CT molecular complexity index is 999. The molecule has 0 saturated heterocycles. The molecule has 0 saturated carbocycles. The number of hydrogen-bond acceptors (Lipinski definition) is 7. The van der Waals surface area contributed by atoms with Gasteiger partial charge in [-0.15, -0.1) is 0 Å². The van der Waals surface area contributed by atoms with Crippen LogP contribution in [0.2, 0.25) is 0 Å². The molecule has 8 heteroatoms. The Morgan fingerprint density at radius 3 is 2.77 bits per heavy atom. The van der Waals surface area contributed by atoms with Crippen molar-refractivity contribution in [2.45, 2.75) is 32.4 Å². The fourth-order valence-corrected chi connectivity index (χ4v) is 4.47. The van der Waals surface area contributed by atoms with Crippen LogP contribution in [0, 0.1) is 5.92 Å². The van der Waals surface area contributed by atoms with E-state index >= 15 is 0 Å². The molecule has 0 radical (unpaired) electrons. The van der Waals surface area contributed by atoms with Gasteiger partial charge in [-0.2, -0.15) is 0 Å². The van der Waals surface area contributed by atoms with E-state index in [9.17, 15) is 9.59 Å². The predicted octanol–water partition coefficient (Wildman–Crippen LogP) is 2.82. The number of ketones is 1. The summed E-state index contributed by atoms with van der Waals surface area (Å²) in [5.74, 6) is 0.157. The number of carbonyl (C=O) groups excluding carboxylic acids is 2. The van der Waals surface area contributed by atoms with Crippen molar-refractivity contribution >= 4 is 22.8 Å². The molecule has 4 rings (SSSR count). The first kappa shape index (κ1) is 21.2. The second-order valence-corrected chi connectivity index (χ2v) is 8.15. The molecule has 8 nitrogen and oxygen atoms in total. The quantitative estimate of drug-likeness (QED) is 0.538. The van der Waals surface area contributed by atoms with Gasteiger partial charge in [0.15, 0.2) is 12.5 Å². The lowest BCUT2D eigenvalue weighted by molar-refractivity contribution is 0.00526. The molecule has 2 heterocycles. The van der Waals surface area contributed by atoms with Crippen molar-refractivity contribution in [3.8, 4) is 0 Å². The number of hydrogen-bond donors (Lipinski definition) is 1. The standard InChI is InChI=1S/C23H30N4O4/c1-16-26(11-12-27(16)15-31-23(29)30-13-5-10-24)14-17-8-9-20-21(22(17)28)18-6-3-4-7-19(18)25(20)2/h3-4,6-7,11-12,16-17H,5,8-10,13-15,24H2,1-2H3. The fraction of sp³-hybridized carbons (Fsp3) is 0.478. The van der Waals surface area contributed by atoms with E-state index in [1.807, 2.05) is 49.5 Å². The van der Waals surface area contributed by atoms with E-state index in [1.54, 1.807) is 0 Å². The third-order valence-electron chi connectivity index (χ3n) is 6.32. The SMILES string of the molecule is CC1N(COC(=O)OCCCN)C=CN1CC1CCc2c(c3ccccc3n2C)C1=O. The molecule has 2 N–H and O–H groups in total. The van der Waals surface area contributed by atoms with Crippen LogP contribution in [0.3, 0.4) is 0 Å². The van der Waals surface area contributed by atoms with Gasteiger partial charge in [0.1, 0.15) is 6.17 Å². The normalized spacial score (nSPS) is 20.4. The van der Waals surface area contributed by atoms with Crippen molar-refractivity contribution < 1.29 is 19.1 Å². The Balaban J connectivity index is 1.36. The summed E-state index contributed by atoms with van der Waals surface area (Å²) in [5, 5.41) is 1.04. The molecule has 2 atom stereocenters. The maximum atomic E-state index is 13.4. The first-order valence-electron chi connectivity index (χ1n) is 10.8. The minimum Gasteiger partial charge on any atom is -0.434 e. The largest absolute Gasteiger partial charge is 0.510 e. The lowest BCUT2D eigenvalue weighted by Gasteiger charge is -2.32. The Hall–Kier alpha value is -3.00. The molecule has 1 aromatic carbocycles. The summed E-state index contributed by atoms with van der Waals surface area (Å²) < 4.78 is 12.3. The van der Waals surface area contributed by atoms with Gasteiger partial charge >= 0.3 is 6.16 Å². The minimum atomic E-state index is -0.696. The molecule has 2 aromatic rings. The molecule has 0 spiro atoms. The van der Waals surface area contributed by atoms with Crippen molar-refractivity contribution in [2.24, 2.45) is 18.7 Å². The average molecular weight is 427 g/mol. The van der Waals surface area contributed by atoms with E-state index in [2.05, 4.69) is 15.5 Å². The Kier molecular flexibility index (Phi) is 6.18. The van der Waals surface area contributed by atoms with Gasteiger partial charge in [-0.05, 0) is 38.8 Å². The number of aromatic nitrogens is 1. The van der Waals surface area contributed by atoms with E-state index < -0.39 is 6.16 Å². The highest BCUT2D eigenvalue weighted by atomic mass is 16.7. The second kappa shape index (κ2) is 9.01. The van der Waals surface area contributed by atoms with Gasteiger partial charge in [-0.1, -0.05) is 18.2 Å². The Morgan fingerprint density at radius 1 is 1.19 bits per heavy atom. The highest BCUT2D eigenvalue weighted by Crippen LogP contribution is 2.34. The zero-order valence-electron chi connectivity index (χ0n) is 18.1. The molecule has 2 unspecified atom stereocenters. The average Bonchev–Trinajstić information content (AvgIpc) is 3.27. The van der Waals surface area contributed by atoms with Gasteiger partial charge in [0, 0.05) is 54.1 Å². The Labute approximate surface area is 182 Å². The lowest BCUT2D eigenvalue weighted by Crippen LogP contribution is -2.41. The van der Waals surface area contributed by atoms with Crippen LogP contribution in [-0.4, -0.2) is 58.9 Å². The van der Waals surface area contributed by atoms with Gasteiger partial charge in [0.05, 0.1) is 6.61 Å². The number of Topliss-reactive ketones (excluding diaryl/α,β-unsaturated/α-hetero) is 1. The maximum absolute atomic E-state index is 13.4. The van der Waals surface area contributed by atoms with Crippen LogP contribution in [0.1, 0.15) is 35.8 Å². The molecule has 0 amide bonds. The van der Waals surface area contributed by atoms with E-state index in [0.717, 1.165) is 35.0 Å². The number of para-hydroxylation sites is 1. The highest BCUT2D eigenvalue weighted by Gasteiger charge is 2.34. The van der Waals surface area contributed by atoms with Crippen molar-refractivity contribution in [1.29, 1.82) is 0 Å². The zero-order valence-corrected chi connectivity index (χ0v) is 18.1. The molecular formula is C23H30N4O4. The van der Waals surface area contributed by atoms with E-state index in [0.29, 0.717) is 19.5 Å². The van der Waals surface area contributed by atoms with Gasteiger partial charge in [0.25, 0.3) is 0 Å². The molecule has 166 valence electrons. The van der Waals surface area contributed by atoms with Crippen LogP contribution in [0.25, 0.3) is 10.9 Å². The predicted molar refractivity (Wildman–Crippen MR) is 117 cm³/mol. The fourth-order valence-electron chi connectivity index (χ4n) is 4.47. The third kappa shape index (κ3) is 4.12. The van der Waals surface area contributed by atoms with Gasteiger partial charge in [-0.3, -0.25) is 4.79 Å². The maximum Gasteiger partial charge on any atom is 0.510 e. The van der Waals surface area contributed by atoms with Crippen LogP contribution in [0.5, 0.6) is 0 Å². The van der Waals surface area contributed by atoms with Crippen molar-refractivity contribution in [3.05, 3.63) is 47.9 Å². The van der Waals surface area contributed by atoms with Crippen LogP contribution in [-0.2, 0) is 22.9 Å². The zero-order chi connectivity index (χ0) is 22.0. The molecule has 2 aliphatic rings. The molecule has 0 bridgehead atoms. The van der Waals surface area contributed by atoms with Crippen molar-refractivity contribution in [2.75, 3.05) is 26.4 Å². The van der Waals surface area contributed by atoms with E-state index in [-0.39, 0.29) is 31.2 Å². The van der Waals surface area contributed by atoms with Gasteiger partial charge in [-0.25, -0.2) is 4.79 Å². The molecule has 1 aliphatic carbocycles. The van der Waals surface area contributed by atoms with Crippen molar-refractivity contribution in [3.63, 3.8) is 0 Å². The summed E-state index contributed by atoms with van der Waals surface area (Å²) in [4.78, 5) is 29.1. The number of nitrogens with two attached hydrogens (primary N) is 1. The highest BCUT2D eigenvalue weighted by molar-refractivity contribution is 6.11. The lowest BCUT2D eigenvalue weighted by atomic mass is 9.84. The minimum absolute atomic E-state index is 0.0152. The third-order valence-corrected chi connectivity index (χ3v) is 6.32. The number of aryl methyl sites for hydroxylation is 1. The number of nitrogens with zero attached hydrogens (tertiary/aromatic N) is 3. The number of rotatable bonds is 7. The topological polar surface area (TPSA) is 90.0 Å². The smallest absolute Gasteiger partial charge is 0.434 e. The number of fused-ring (bicyclic) bond motifs is 3. The van der Waals surface area contributed by atoms with Crippen LogP contribution in [0.4, 0.5) is 4.79 Å². The molecule has 1 aliphatic heterocycles. The van der Waals surface area contributed by atoms with E-state index in [1.165, 1.54) is 0 Å². The molecular weight excluding hydrogens is 396 g/mol. The summed E-state index contributed by atoms with van der Waals surface area (Å²) >= 11 is 0. The summed E-state index contributed by atoms with van der Waals surface area (Å²) in [5.41, 5.74) is 8.51. The van der Waals surface area contributed by atoms with Crippen LogP contribution in [0.15, 0.2) is 36.7 Å². The summed E-state index contributed by atoms with van der Waals surface area (Å²) in [6.45, 7) is 3.49. The van der Waals surface area contributed by atoms with Gasteiger partial charge in [0.2, 0.25) is 0 Å². The monoisotopic (exact) mass is 426 g/mol. The molecule has 0 fully saturated rings.